The summed E-state index contributed by atoms with van der Waals surface area (Å²) >= 11 is 3.24. The lowest BCUT2D eigenvalue weighted by Gasteiger charge is -2.18. The van der Waals surface area contributed by atoms with Gasteiger partial charge < -0.3 is 4.74 Å². The molecule has 1 aliphatic heterocycles. The minimum Gasteiger partial charge on any atom is -0.474 e. The summed E-state index contributed by atoms with van der Waals surface area (Å²) in [4.78, 5) is 0. The summed E-state index contributed by atoms with van der Waals surface area (Å²) in [6.45, 7) is 0.422. The molecule has 0 aromatic carbocycles. The third kappa shape index (κ3) is 1.13. The van der Waals surface area contributed by atoms with E-state index in [0.29, 0.717) is 12.4 Å². The van der Waals surface area contributed by atoms with Gasteiger partial charge in [-0.25, -0.2) is 9.07 Å². The molecule has 1 aliphatic rings. The molecule has 2 rings (SSSR count). The second-order valence-electron chi connectivity index (χ2n) is 2.39. The summed E-state index contributed by atoms with van der Waals surface area (Å²) in [7, 11) is 0. The summed E-state index contributed by atoms with van der Waals surface area (Å²) in [5.41, 5.74) is 0. The predicted molar refractivity (Wildman–Crippen MR) is 40.3 cm³/mol. The van der Waals surface area contributed by atoms with Crippen molar-refractivity contribution < 1.29 is 9.13 Å². The van der Waals surface area contributed by atoms with E-state index >= 15 is 0 Å². The topological polar surface area (TPSA) is 27.1 Å². The van der Waals surface area contributed by atoms with Gasteiger partial charge in [0.15, 0.2) is 6.17 Å². The van der Waals surface area contributed by atoms with Gasteiger partial charge in [-0.15, -0.1) is 0 Å². The van der Waals surface area contributed by atoms with Gasteiger partial charge in [-0.05, 0) is 15.9 Å². The zero-order chi connectivity index (χ0) is 7.84. The van der Waals surface area contributed by atoms with Gasteiger partial charge in [-0.2, -0.15) is 5.10 Å². The van der Waals surface area contributed by atoms with Crippen LogP contribution in [0.3, 0.4) is 0 Å². The van der Waals surface area contributed by atoms with Crippen LogP contribution in [-0.4, -0.2) is 22.6 Å². The number of rotatable bonds is 0. The lowest BCUT2D eigenvalue weighted by atomic mass is 10.4. The van der Waals surface area contributed by atoms with E-state index in [2.05, 4.69) is 21.0 Å². The first-order chi connectivity index (χ1) is 5.27. The number of ether oxygens (including phenoxy) is 1. The van der Waals surface area contributed by atoms with E-state index in [9.17, 15) is 4.39 Å². The van der Waals surface area contributed by atoms with Gasteiger partial charge in [-0.3, -0.25) is 0 Å². The van der Waals surface area contributed by atoms with Crippen molar-refractivity contribution in [3.05, 3.63) is 10.7 Å². The standard InChI is InChI=1S/C6H6BrFN2O/c7-5-1-9-10-2-4(8)3-11-6(5)10/h1,4H,2-3H2/t4-/m0/s1. The molecular formula is C6H6BrFN2O. The first-order valence-electron chi connectivity index (χ1n) is 3.25. The number of halogens is 2. The maximum atomic E-state index is 12.7. The molecule has 0 aliphatic carbocycles. The number of nitrogens with zero attached hydrogens (tertiary/aromatic N) is 2. The highest BCUT2D eigenvalue weighted by Crippen LogP contribution is 2.27. The van der Waals surface area contributed by atoms with Crippen LogP contribution in [0.25, 0.3) is 0 Å². The molecular weight excluding hydrogens is 215 g/mol. The van der Waals surface area contributed by atoms with E-state index < -0.39 is 6.17 Å². The van der Waals surface area contributed by atoms with Crippen LogP contribution in [0, 0.1) is 0 Å². The molecule has 5 heteroatoms. The third-order valence-corrected chi connectivity index (χ3v) is 2.07. The van der Waals surface area contributed by atoms with Crippen LogP contribution in [-0.2, 0) is 6.54 Å². The fourth-order valence-electron chi connectivity index (χ4n) is 1.03. The maximum Gasteiger partial charge on any atom is 0.226 e. The fraction of sp³-hybridized carbons (Fsp3) is 0.500. The third-order valence-electron chi connectivity index (χ3n) is 1.52. The molecule has 1 aromatic rings. The summed E-state index contributed by atoms with van der Waals surface area (Å²) in [5.74, 6) is 0.624. The number of hydrogen-bond acceptors (Lipinski definition) is 2. The second-order valence-corrected chi connectivity index (χ2v) is 3.24. The number of fused-ring (bicyclic) bond motifs is 1. The molecule has 0 fully saturated rings. The maximum absolute atomic E-state index is 12.7. The number of hydrogen-bond donors (Lipinski definition) is 0. The van der Waals surface area contributed by atoms with Gasteiger partial charge >= 0.3 is 0 Å². The van der Waals surface area contributed by atoms with Gasteiger partial charge in [-0.1, -0.05) is 0 Å². The Bertz CT molecular complexity index is 276. The Labute approximate surface area is 71.3 Å². The fourth-order valence-corrected chi connectivity index (χ4v) is 1.45. The smallest absolute Gasteiger partial charge is 0.226 e. The van der Waals surface area contributed by atoms with E-state index in [1.165, 1.54) is 4.68 Å². The van der Waals surface area contributed by atoms with Crippen molar-refractivity contribution in [1.82, 2.24) is 9.78 Å². The number of aromatic nitrogens is 2. The van der Waals surface area contributed by atoms with Crippen LogP contribution >= 0.6 is 15.9 Å². The van der Waals surface area contributed by atoms with Crippen LogP contribution in [0.1, 0.15) is 0 Å². The summed E-state index contributed by atoms with van der Waals surface area (Å²) < 4.78 is 20.0. The zero-order valence-corrected chi connectivity index (χ0v) is 7.21. The Kier molecular flexibility index (Phi) is 1.60. The first kappa shape index (κ1) is 7.09. The van der Waals surface area contributed by atoms with E-state index in [4.69, 9.17) is 4.74 Å². The molecule has 3 nitrogen and oxygen atoms in total. The van der Waals surface area contributed by atoms with Crippen LogP contribution in [0.4, 0.5) is 4.39 Å². The van der Waals surface area contributed by atoms with Gasteiger partial charge in [0.1, 0.15) is 6.61 Å². The van der Waals surface area contributed by atoms with Crippen LogP contribution in [0.15, 0.2) is 10.7 Å². The molecule has 60 valence electrons. The van der Waals surface area contributed by atoms with Crippen LogP contribution in [0.2, 0.25) is 0 Å². The van der Waals surface area contributed by atoms with E-state index in [1.807, 2.05) is 0 Å². The molecule has 0 bridgehead atoms. The van der Waals surface area contributed by atoms with E-state index in [-0.39, 0.29) is 6.61 Å². The van der Waals surface area contributed by atoms with Crippen molar-refractivity contribution in [3.63, 3.8) is 0 Å². The quantitative estimate of drug-likeness (QED) is 0.661. The average molecular weight is 221 g/mol. The minimum atomic E-state index is -0.936. The molecule has 0 amide bonds. The molecule has 0 unspecified atom stereocenters. The normalized spacial score (nSPS) is 22.5. The summed E-state index contributed by atoms with van der Waals surface area (Å²) in [5, 5.41) is 3.91. The van der Waals surface area contributed by atoms with Crippen molar-refractivity contribution in [3.8, 4) is 5.88 Å². The largest absolute Gasteiger partial charge is 0.474 e. The van der Waals surface area contributed by atoms with E-state index in [1.54, 1.807) is 6.20 Å². The van der Waals surface area contributed by atoms with Crippen molar-refractivity contribution in [2.45, 2.75) is 12.7 Å². The Morgan fingerprint density at radius 2 is 2.64 bits per heavy atom. The summed E-state index contributed by atoms with van der Waals surface area (Å²) in [6, 6.07) is 0. The van der Waals surface area contributed by atoms with Gasteiger partial charge in [0.2, 0.25) is 5.88 Å². The zero-order valence-electron chi connectivity index (χ0n) is 5.63. The highest BCUT2D eigenvalue weighted by Gasteiger charge is 2.21. The Morgan fingerprint density at radius 3 is 3.45 bits per heavy atom. The lowest BCUT2D eigenvalue weighted by Crippen LogP contribution is -2.26. The van der Waals surface area contributed by atoms with Crippen LogP contribution in [0.5, 0.6) is 5.88 Å². The Morgan fingerprint density at radius 1 is 1.82 bits per heavy atom. The van der Waals surface area contributed by atoms with Crippen LogP contribution < -0.4 is 4.74 Å². The molecule has 1 atom stereocenters. The molecule has 1 aromatic heterocycles. The van der Waals surface area contributed by atoms with Gasteiger partial charge in [0, 0.05) is 0 Å². The lowest BCUT2D eigenvalue weighted by molar-refractivity contribution is 0.124. The van der Waals surface area contributed by atoms with Gasteiger partial charge in [0.05, 0.1) is 17.2 Å². The second kappa shape index (κ2) is 2.48. The minimum absolute atomic E-state index is 0.129. The Balaban J connectivity index is 2.36. The van der Waals surface area contributed by atoms with Crippen molar-refractivity contribution in [2.24, 2.45) is 0 Å². The highest BCUT2D eigenvalue weighted by atomic mass is 79.9. The van der Waals surface area contributed by atoms with Gasteiger partial charge in [0.25, 0.3) is 0 Å². The summed E-state index contributed by atoms with van der Waals surface area (Å²) in [6.07, 6.45) is 0.669. The molecule has 0 saturated carbocycles. The van der Waals surface area contributed by atoms with Crippen molar-refractivity contribution in [2.75, 3.05) is 6.61 Å². The van der Waals surface area contributed by atoms with Crippen molar-refractivity contribution in [1.29, 1.82) is 0 Å². The molecule has 11 heavy (non-hydrogen) atoms. The molecule has 2 heterocycles. The highest BCUT2D eigenvalue weighted by molar-refractivity contribution is 9.10. The first-order valence-corrected chi connectivity index (χ1v) is 4.05. The average Bonchev–Trinajstić information content (AvgIpc) is 2.32. The predicted octanol–water partition coefficient (Wildman–Crippen LogP) is 1.38. The SMILES string of the molecule is F[C@@H]1COc2c(Br)cnn2C1. The van der Waals surface area contributed by atoms with Crippen molar-refractivity contribution >= 4 is 15.9 Å². The monoisotopic (exact) mass is 220 g/mol. The number of alkyl halides is 1. The van der Waals surface area contributed by atoms with E-state index in [0.717, 1.165) is 4.47 Å². The molecule has 0 N–H and O–H groups in total. The molecule has 0 radical (unpaired) electrons. The molecule has 0 spiro atoms. The Hall–Kier alpha value is -0.580. The molecule has 0 saturated heterocycles.